The lowest BCUT2D eigenvalue weighted by Gasteiger charge is -2.42. The number of hydrogen-bond donors (Lipinski definition) is 0. The molecule has 2 aliphatic rings. The van der Waals surface area contributed by atoms with Crippen LogP contribution in [-0.4, -0.2) is 52.7 Å². The number of amides is 1. The Morgan fingerprint density at radius 2 is 2.05 bits per heavy atom. The zero-order valence-electron chi connectivity index (χ0n) is 12.9. The van der Waals surface area contributed by atoms with Gasteiger partial charge in [0.15, 0.2) is 0 Å². The quantitative estimate of drug-likeness (QED) is 0.834. The number of nitrogens with zero attached hydrogens (tertiary/aromatic N) is 4. The van der Waals surface area contributed by atoms with Gasteiger partial charge in [-0.05, 0) is 27.2 Å². The third-order valence-corrected chi connectivity index (χ3v) is 3.85. The highest BCUT2D eigenvalue weighted by Gasteiger charge is 2.37. The van der Waals surface area contributed by atoms with Crippen molar-refractivity contribution in [2.45, 2.75) is 38.7 Å². The summed E-state index contributed by atoms with van der Waals surface area (Å²) in [4.78, 5) is 24.5. The number of aromatic nitrogens is 2. The Kier molecular flexibility index (Phi) is 3.47. The van der Waals surface area contributed by atoms with E-state index in [1.54, 1.807) is 11.2 Å². The van der Waals surface area contributed by atoms with Crippen molar-refractivity contribution in [3.05, 3.63) is 18.1 Å². The molecule has 2 saturated heterocycles. The summed E-state index contributed by atoms with van der Waals surface area (Å²) < 4.78 is 5.38. The first-order chi connectivity index (χ1) is 9.94. The fourth-order valence-electron chi connectivity index (χ4n) is 2.56. The molecule has 1 amide bonds. The van der Waals surface area contributed by atoms with Crippen LogP contribution in [0, 0.1) is 0 Å². The van der Waals surface area contributed by atoms with Crippen molar-refractivity contribution in [1.29, 1.82) is 0 Å². The van der Waals surface area contributed by atoms with E-state index in [0.717, 1.165) is 24.5 Å². The highest BCUT2D eigenvalue weighted by molar-refractivity contribution is 5.70. The predicted octanol–water partition coefficient (Wildman–Crippen LogP) is 2.02. The van der Waals surface area contributed by atoms with Gasteiger partial charge < -0.3 is 14.5 Å². The molecule has 0 radical (unpaired) electrons. The molecule has 2 aliphatic heterocycles. The molecule has 114 valence electrons. The number of rotatable bonds is 2. The Morgan fingerprint density at radius 1 is 1.33 bits per heavy atom. The second-order valence-electron chi connectivity index (χ2n) is 6.72. The summed E-state index contributed by atoms with van der Waals surface area (Å²) in [6.45, 7) is 9.14. The van der Waals surface area contributed by atoms with E-state index in [-0.39, 0.29) is 6.09 Å². The topological polar surface area (TPSA) is 58.6 Å². The van der Waals surface area contributed by atoms with Crippen molar-refractivity contribution in [2.75, 3.05) is 31.1 Å². The van der Waals surface area contributed by atoms with Crippen LogP contribution in [0.15, 0.2) is 12.5 Å². The monoisotopic (exact) mass is 290 g/mol. The van der Waals surface area contributed by atoms with Crippen molar-refractivity contribution in [3.63, 3.8) is 0 Å². The summed E-state index contributed by atoms with van der Waals surface area (Å²) in [5.41, 5.74) is 0.706. The lowest BCUT2D eigenvalue weighted by Crippen LogP contribution is -2.51. The second-order valence-corrected chi connectivity index (χ2v) is 6.72. The minimum absolute atomic E-state index is 0.235. The molecule has 0 saturated carbocycles. The summed E-state index contributed by atoms with van der Waals surface area (Å²) in [6.07, 6.45) is 4.47. The molecule has 0 aromatic carbocycles. The third kappa shape index (κ3) is 2.94. The molecule has 1 aromatic rings. The van der Waals surface area contributed by atoms with Crippen LogP contribution in [-0.2, 0) is 4.74 Å². The fraction of sp³-hybridized carbons (Fsp3) is 0.667. The van der Waals surface area contributed by atoms with Crippen molar-refractivity contribution in [1.82, 2.24) is 14.9 Å². The molecular weight excluding hydrogens is 268 g/mol. The van der Waals surface area contributed by atoms with Crippen LogP contribution >= 0.6 is 0 Å². The van der Waals surface area contributed by atoms with Gasteiger partial charge in [-0.3, -0.25) is 0 Å². The van der Waals surface area contributed by atoms with Gasteiger partial charge in [0, 0.05) is 43.9 Å². The molecule has 0 aliphatic carbocycles. The van der Waals surface area contributed by atoms with E-state index < -0.39 is 5.60 Å². The summed E-state index contributed by atoms with van der Waals surface area (Å²) in [7, 11) is 0. The summed E-state index contributed by atoms with van der Waals surface area (Å²) in [5.74, 6) is 1.35. The van der Waals surface area contributed by atoms with Crippen molar-refractivity contribution in [2.24, 2.45) is 0 Å². The molecule has 0 unspecified atom stereocenters. The SMILES string of the molecule is CC(C)(C)OC(=O)N1CC(c2cncnc2N2CCC2)C1. The van der Waals surface area contributed by atoms with Crippen LogP contribution < -0.4 is 4.90 Å². The van der Waals surface area contributed by atoms with Crippen LogP contribution in [0.1, 0.15) is 38.7 Å². The Morgan fingerprint density at radius 3 is 2.62 bits per heavy atom. The summed E-state index contributed by atoms with van der Waals surface area (Å²) >= 11 is 0. The van der Waals surface area contributed by atoms with Crippen LogP contribution in [0.2, 0.25) is 0 Å². The molecule has 1 aromatic heterocycles. The molecule has 2 fully saturated rings. The van der Waals surface area contributed by atoms with Crippen molar-refractivity contribution < 1.29 is 9.53 Å². The Labute approximate surface area is 125 Å². The number of hydrogen-bond acceptors (Lipinski definition) is 5. The zero-order chi connectivity index (χ0) is 15.0. The van der Waals surface area contributed by atoms with Gasteiger partial charge >= 0.3 is 6.09 Å². The van der Waals surface area contributed by atoms with E-state index in [4.69, 9.17) is 4.74 Å². The minimum atomic E-state index is -0.444. The maximum atomic E-state index is 12.0. The third-order valence-electron chi connectivity index (χ3n) is 3.85. The second kappa shape index (κ2) is 5.16. The Hall–Kier alpha value is -1.85. The van der Waals surface area contributed by atoms with Crippen LogP contribution in [0.5, 0.6) is 0 Å². The van der Waals surface area contributed by atoms with Crippen molar-refractivity contribution >= 4 is 11.9 Å². The van der Waals surface area contributed by atoms with Gasteiger partial charge in [0.25, 0.3) is 0 Å². The summed E-state index contributed by atoms with van der Waals surface area (Å²) in [5, 5.41) is 0. The fourth-order valence-corrected chi connectivity index (χ4v) is 2.56. The summed E-state index contributed by atoms with van der Waals surface area (Å²) in [6, 6.07) is 0. The van der Waals surface area contributed by atoms with Gasteiger partial charge in [0.05, 0.1) is 0 Å². The number of likely N-dealkylation sites (tertiary alicyclic amines) is 1. The largest absolute Gasteiger partial charge is 0.444 e. The molecular formula is C15H22N4O2. The lowest BCUT2D eigenvalue weighted by molar-refractivity contribution is 0.00816. The van der Waals surface area contributed by atoms with Crippen LogP contribution in [0.4, 0.5) is 10.6 Å². The molecule has 6 nitrogen and oxygen atoms in total. The number of carbonyl (C=O) groups is 1. The van der Waals surface area contributed by atoms with E-state index >= 15 is 0 Å². The maximum absolute atomic E-state index is 12.0. The predicted molar refractivity (Wildman–Crippen MR) is 79.4 cm³/mol. The average molecular weight is 290 g/mol. The maximum Gasteiger partial charge on any atom is 0.410 e. The van der Waals surface area contributed by atoms with Gasteiger partial charge in [-0.1, -0.05) is 0 Å². The molecule has 6 heteroatoms. The Balaban J connectivity index is 1.63. The van der Waals surface area contributed by atoms with Crippen molar-refractivity contribution in [3.8, 4) is 0 Å². The van der Waals surface area contributed by atoms with E-state index in [9.17, 15) is 4.79 Å². The first kappa shape index (κ1) is 14.1. The van der Waals surface area contributed by atoms with E-state index in [0.29, 0.717) is 19.0 Å². The standard InChI is InChI=1S/C15H22N4O2/c1-15(2,3)21-14(20)19-8-11(9-19)12-7-16-10-17-13(12)18-5-4-6-18/h7,10-11H,4-6,8-9H2,1-3H3. The lowest BCUT2D eigenvalue weighted by atomic mass is 9.92. The average Bonchev–Trinajstić information content (AvgIpc) is 2.24. The highest BCUT2D eigenvalue weighted by Crippen LogP contribution is 2.34. The van der Waals surface area contributed by atoms with Gasteiger partial charge in [0.1, 0.15) is 17.7 Å². The highest BCUT2D eigenvalue weighted by atomic mass is 16.6. The molecule has 0 bridgehead atoms. The normalized spacial score (nSPS) is 19.0. The van der Waals surface area contributed by atoms with Gasteiger partial charge in [0.2, 0.25) is 0 Å². The molecule has 0 spiro atoms. The number of anilines is 1. The van der Waals surface area contributed by atoms with E-state index in [1.165, 1.54) is 6.42 Å². The molecule has 3 heterocycles. The molecule has 21 heavy (non-hydrogen) atoms. The number of carbonyl (C=O) groups excluding carboxylic acids is 1. The van der Waals surface area contributed by atoms with Gasteiger partial charge in [-0.25, -0.2) is 14.8 Å². The molecule has 0 atom stereocenters. The molecule has 0 N–H and O–H groups in total. The Bertz CT molecular complexity index is 531. The molecule has 3 rings (SSSR count). The first-order valence-corrected chi connectivity index (χ1v) is 7.47. The smallest absolute Gasteiger partial charge is 0.410 e. The van der Waals surface area contributed by atoms with E-state index in [2.05, 4.69) is 14.9 Å². The van der Waals surface area contributed by atoms with Crippen LogP contribution in [0.25, 0.3) is 0 Å². The first-order valence-electron chi connectivity index (χ1n) is 7.47. The van der Waals surface area contributed by atoms with Gasteiger partial charge in [-0.2, -0.15) is 0 Å². The number of ether oxygens (including phenoxy) is 1. The van der Waals surface area contributed by atoms with E-state index in [1.807, 2.05) is 27.0 Å². The zero-order valence-corrected chi connectivity index (χ0v) is 12.9. The van der Waals surface area contributed by atoms with Gasteiger partial charge in [-0.15, -0.1) is 0 Å². The minimum Gasteiger partial charge on any atom is -0.444 e. The van der Waals surface area contributed by atoms with Crippen LogP contribution in [0.3, 0.4) is 0 Å².